The van der Waals surface area contributed by atoms with Crippen molar-refractivity contribution in [3.8, 4) is 0 Å². The van der Waals surface area contributed by atoms with Crippen LogP contribution in [-0.4, -0.2) is 74.9 Å². The molecule has 0 aliphatic heterocycles. The minimum absolute atomic E-state index is 0.0216. The first-order valence-electron chi connectivity index (χ1n) is 33.8. The van der Waals surface area contributed by atoms with E-state index in [4.69, 9.17) is 18.5 Å². The summed E-state index contributed by atoms with van der Waals surface area (Å²) in [7, 11) is 1.45. The largest absolute Gasteiger partial charge is 0.472 e. The van der Waals surface area contributed by atoms with Crippen LogP contribution in [0.4, 0.5) is 0 Å². The van der Waals surface area contributed by atoms with Crippen molar-refractivity contribution in [1.82, 2.24) is 0 Å². The van der Waals surface area contributed by atoms with Crippen LogP contribution in [0.5, 0.6) is 0 Å². The van der Waals surface area contributed by atoms with Gasteiger partial charge in [-0.25, -0.2) is 4.57 Å². The van der Waals surface area contributed by atoms with Gasteiger partial charge in [0.2, 0.25) is 0 Å². The smallest absolute Gasteiger partial charge is 0.462 e. The SMILES string of the molecule is CC/C=C\C/C=C\C/C=C\C/C=C\C/C=C\C/C=C\C/C=C\C/C=C\C/C=C\C/C=C\CCCCCCC(=O)OC(COC(=O)CCCCCCCCCCCCCCCCCCCCCCCCCC)COP(=O)(O)OCC[N+](C)(C)C. The first-order chi connectivity index (χ1) is 40.5. The van der Waals surface area contributed by atoms with E-state index in [0.29, 0.717) is 17.4 Å². The number of allylic oxidation sites excluding steroid dienone is 20. The molecule has 476 valence electrons. The zero-order chi connectivity index (χ0) is 60.5. The molecule has 0 radical (unpaired) electrons. The molecule has 83 heavy (non-hydrogen) atoms. The number of phosphoric ester groups is 1. The summed E-state index contributed by atoms with van der Waals surface area (Å²) in [5.74, 6) is -0.824. The maximum absolute atomic E-state index is 12.9. The number of unbranched alkanes of at least 4 members (excludes halogenated alkanes) is 27. The Balaban J connectivity index is 4.18. The molecule has 0 heterocycles. The number of phosphoric acid groups is 1. The third kappa shape index (κ3) is 67.4. The van der Waals surface area contributed by atoms with Crippen molar-refractivity contribution in [3.05, 3.63) is 122 Å². The Morgan fingerprint density at radius 1 is 0.386 bits per heavy atom. The van der Waals surface area contributed by atoms with E-state index in [2.05, 4.69) is 135 Å². The monoisotopic (exact) mass is 1180 g/mol. The van der Waals surface area contributed by atoms with Crippen molar-refractivity contribution in [2.75, 3.05) is 47.5 Å². The lowest BCUT2D eigenvalue weighted by Gasteiger charge is -2.24. The van der Waals surface area contributed by atoms with E-state index in [-0.39, 0.29) is 32.0 Å². The van der Waals surface area contributed by atoms with E-state index in [1.807, 2.05) is 21.1 Å². The van der Waals surface area contributed by atoms with Crippen molar-refractivity contribution in [2.24, 2.45) is 0 Å². The molecule has 0 aliphatic rings. The Labute approximate surface area is 511 Å². The van der Waals surface area contributed by atoms with Gasteiger partial charge in [0.05, 0.1) is 27.7 Å². The second-order valence-corrected chi connectivity index (χ2v) is 24.9. The van der Waals surface area contributed by atoms with E-state index in [0.717, 1.165) is 109 Å². The van der Waals surface area contributed by atoms with Crippen LogP contribution in [0, 0.1) is 0 Å². The van der Waals surface area contributed by atoms with E-state index < -0.39 is 26.5 Å². The van der Waals surface area contributed by atoms with Crippen molar-refractivity contribution < 1.29 is 42.1 Å². The summed E-state index contributed by atoms with van der Waals surface area (Å²) in [6.45, 7) is 4.31. The normalized spacial score (nSPS) is 14.0. The highest BCUT2D eigenvalue weighted by molar-refractivity contribution is 7.47. The van der Waals surface area contributed by atoms with Gasteiger partial charge in [-0.15, -0.1) is 0 Å². The molecule has 0 fully saturated rings. The molecular formula is C73H127NO8P+. The van der Waals surface area contributed by atoms with Crippen molar-refractivity contribution in [3.63, 3.8) is 0 Å². The predicted octanol–water partition coefficient (Wildman–Crippen LogP) is 21.9. The van der Waals surface area contributed by atoms with Gasteiger partial charge in [-0.05, 0) is 89.9 Å². The van der Waals surface area contributed by atoms with Crippen molar-refractivity contribution in [2.45, 2.75) is 283 Å². The predicted molar refractivity (Wildman–Crippen MR) is 358 cm³/mol. The second-order valence-electron chi connectivity index (χ2n) is 23.5. The van der Waals surface area contributed by atoms with Gasteiger partial charge in [0.15, 0.2) is 6.10 Å². The molecule has 0 amide bonds. The van der Waals surface area contributed by atoms with Crippen LogP contribution in [-0.2, 0) is 32.7 Å². The molecule has 0 rings (SSSR count). The molecule has 2 atom stereocenters. The lowest BCUT2D eigenvalue weighted by molar-refractivity contribution is -0.870. The summed E-state index contributed by atoms with van der Waals surface area (Å²) in [4.78, 5) is 35.8. The molecular weight excluding hydrogens is 1050 g/mol. The topological polar surface area (TPSA) is 108 Å². The fraction of sp³-hybridized carbons (Fsp3) is 0.699. The number of nitrogens with zero attached hydrogens (tertiary/aromatic N) is 1. The van der Waals surface area contributed by atoms with Gasteiger partial charge in [-0.1, -0.05) is 296 Å². The van der Waals surface area contributed by atoms with Crippen molar-refractivity contribution in [1.29, 1.82) is 0 Å². The number of carbonyl (C=O) groups excluding carboxylic acids is 2. The molecule has 0 saturated heterocycles. The first kappa shape index (κ1) is 79.4. The summed E-state index contributed by atoms with van der Waals surface area (Å²) in [5, 5.41) is 0. The average Bonchev–Trinajstić information content (AvgIpc) is 3.49. The Hall–Kier alpha value is -3.59. The van der Waals surface area contributed by atoms with E-state index >= 15 is 0 Å². The van der Waals surface area contributed by atoms with Crippen LogP contribution >= 0.6 is 7.82 Å². The maximum atomic E-state index is 12.9. The fourth-order valence-corrected chi connectivity index (χ4v) is 9.85. The van der Waals surface area contributed by atoms with E-state index in [9.17, 15) is 19.0 Å². The number of ether oxygens (including phenoxy) is 2. The molecule has 0 spiro atoms. The standard InChI is InChI=1S/C73H126NO8P/c1-6-8-10-12-14-16-18-20-22-24-26-28-30-32-33-34-35-36-37-38-39-40-41-42-44-46-48-50-52-54-56-58-60-62-64-66-73(76)82-71(70-81-83(77,78)80-68-67-74(3,4)5)69-79-72(75)65-63-61-59-57-55-53-51-49-47-45-43-31-29-27-25-23-21-19-17-15-13-11-9-7-2/h8,10,14,16,20,22,26,28,32-33,35-36,38-39,41-42,46,48,52,54,71H,6-7,9,11-13,15,17-19,21,23-25,27,29-31,34,37,40,43-45,47,49-51,53,55-70H2,1-5H3/p+1/b10-8-,16-14-,22-20-,28-26-,33-32-,36-35-,39-38-,42-41-,48-46-,54-52-. The van der Waals surface area contributed by atoms with Crippen LogP contribution in [0.1, 0.15) is 277 Å². The quantitative estimate of drug-likeness (QED) is 0.0211. The zero-order valence-corrected chi connectivity index (χ0v) is 55.0. The van der Waals surface area contributed by atoms with Gasteiger partial charge >= 0.3 is 19.8 Å². The summed E-state index contributed by atoms with van der Waals surface area (Å²) in [6, 6.07) is 0. The summed E-state index contributed by atoms with van der Waals surface area (Å²) in [5.41, 5.74) is 0. The molecule has 0 aromatic carbocycles. The molecule has 0 saturated carbocycles. The fourth-order valence-electron chi connectivity index (χ4n) is 9.10. The number of hydrogen-bond donors (Lipinski definition) is 1. The highest BCUT2D eigenvalue weighted by Crippen LogP contribution is 2.43. The first-order valence-corrected chi connectivity index (χ1v) is 35.3. The molecule has 2 unspecified atom stereocenters. The van der Waals surface area contributed by atoms with Crippen LogP contribution in [0.15, 0.2) is 122 Å². The average molecular weight is 1180 g/mol. The molecule has 9 nitrogen and oxygen atoms in total. The van der Waals surface area contributed by atoms with Gasteiger partial charge in [0.1, 0.15) is 19.8 Å². The van der Waals surface area contributed by atoms with Gasteiger partial charge in [0, 0.05) is 12.8 Å². The Morgan fingerprint density at radius 3 is 1.02 bits per heavy atom. The third-order valence-corrected chi connectivity index (χ3v) is 15.2. The molecule has 0 bridgehead atoms. The van der Waals surface area contributed by atoms with Gasteiger partial charge in [0.25, 0.3) is 0 Å². The Morgan fingerprint density at radius 2 is 0.687 bits per heavy atom. The number of quaternary nitrogens is 1. The number of esters is 2. The second kappa shape index (κ2) is 62.9. The van der Waals surface area contributed by atoms with E-state index in [1.165, 1.54) is 135 Å². The Bertz CT molecular complexity index is 1820. The van der Waals surface area contributed by atoms with Gasteiger partial charge < -0.3 is 18.9 Å². The molecule has 10 heteroatoms. The summed E-state index contributed by atoms with van der Waals surface area (Å²) < 4.78 is 34.6. The lowest BCUT2D eigenvalue weighted by atomic mass is 10.0. The lowest BCUT2D eigenvalue weighted by Crippen LogP contribution is -2.37. The zero-order valence-electron chi connectivity index (χ0n) is 54.1. The van der Waals surface area contributed by atoms with Gasteiger partial charge in [-0.2, -0.15) is 0 Å². The molecule has 0 aliphatic carbocycles. The molecule has 0 aromatic heterocycles. The minimum atomic E-state index is -4.40. The molecule has 1 N–H and O–H groups in total. The molecule has 0 aromatic rings. The van der Waals surface area contributed by atoms with Crippen LogP contribution in [0.25, 0.3) is 0 Å². The number of hydrogen-bond acceptors (Lipinski definition) is 7. The maximum Gasteiger partial charge on any atom is 0.472 e. The van der Waals surface area contributed by atoms with Crippen LogP contribution in [0.2, 0.25) is 0 Å². The third-order valence-electron chi connectivity index (χ3n) is 14.3. The van der Waals surface area contributed by atoms with Crippen molar-refractivity contribution >= 4 is 19.8 Å². The number of carbonyl (C=O) groups is 2. The Kier molecular flexibility index (Phi) is 60.2. The van der Waals surface area contributed by atoms with Gasteiger partial charge in [-0.3, -0.25) is 18.6 Å². The number of rotatable bonds is 61. The highest BCUT2D eigenvalue weighted by Gasteiger charge is 2.27. The minimum Gasteiger partial charge on any atom is -0.462 e. The van der Waals surface area contributed by atoms with Crippen LogP contribution < -0.4 is 0 Å². The number of likely N-dealkylation sites (N-methyl/N-ethyl adjacent to an activating group) is 1. The summed E-state index contributed by atoms with van der Waals surface area (Å²) in [6.07, 6.45) is 90.1. The van der Waals surface area contributed by atoms with Crippen LogP contribution in [0.3, 0.4) is 0 Å². The summed E-state index contributed by atoms with van der Waals surface area (Å²) >= 11 is 0. The highest BCUT2D eigenvalue weighted by atomic mass is 31.2. The van der Waals surface area contributed by atoms with E-state index in [1.54, 1.807) is 0 Å².